The molecule has 0 spiro atoms. The summed E-state index contributed by atoms with van der Waals surface area (Å²) in [5, 5.41) is 0. The zero-order chi connectivity index (χ0) is 13.6. The smallest absolute Gasteiger partial charge is 0.0453 e. The lowest BCUT2D eigenvalue weighted by Crippen LogP contribution is -2.36. The highest BCUT2D eigenvalue weighted by atomic mass is 79.9. The van der Waals surface area contributed by atoms with Gasteiger partial charge in [-0.15, -0.1) is 0 Å². The first-order valence-electron chi connectivity index (χ1n) is 6.66. The van der Waals surface area contributed by atoms with Crippen molar-refractivity contribution in [1.29, 1.82) is 0 Å². The largest absolute Gasteiger partial charge is 0.338 e. The molecule has 0 fully saturated rings. The number of fused-ring (bicyclic) bond motifs is 1. The number of hydrogen-bond donors (Lipinski definition) is 0. The van der Waals surface area contributed by atoms with Crippen LogP contribution in [0.4, 0.5) is 11.4 Å². The number of anilines is 2. The Morgan fingerprint density at radius 3 is 2.42 bits per heavy atom. The molecule has 98 valence electrons. The molecule has 1 aliphatic rings. The fourth-order valence-electron chi connectivity index (χ4n) is 2.94. The Labute approximate surface area is 123 Å². The van der Waals surface area contributed by atoms with Crippen LogP contribution in [0.15, 0.2) is 53.0 Å². The minimum atomic E-state index is 0.148. The summed E-state index contributed by atoms with van der Waals surface area (Å²) in [5.41, 5.74) is 4.16. The second-order valence-electron chi connectivity index (χ2n) is 5.76. The second kappa shape index (κ2) is 4.38. The Kier molecular flexibility index (Phi) is 2.94. The Hall–Kier alpha value is -1.28. The number of para-hydroxylation sites is 1. The van der Waals surface area contributed by atoms with Crippen LogP contribution in [0.3, 0.4) is 0 Å². The van der Waals surface area contributed by atoms with Crippen LogP contribution in [0.2, 0.25) is 0 Å². The Balaban J connectivity index is 2.19. The van der Waals surface area contributed by atoms with Gasteiger partial charge in [-0.1, -0.05) is 48.0 Å². The van der Waals surface area contributed by atoms with Gasteiger partial charge in [-0.3, -0.25) is 0 Å². The van der Waals surface area contributed by atoms with Gasteiger partial charge in [-0.25, -0.2) is 0 Å². The van der Waals surface area contributed by atoms with Crippen LogP contribution in [0.5, 0.6) is 0 Å². The molecule has 1 aliphatic heterocycles. The summed E-state index contributed by atoms with van der Waals surface area (Å²) in [6.07, 6.45) is 0. The van der Waals surface area contributed by atoms with Crippen molar-refractivity contribution >= 4 is 27.3 Å². The molecular formula is C17H18BrN. The maximum atomic E-state index is 3.59. The number of rotatable bonds is 1. The zero-order valence-corrected chi connectivity index (χ0v) is 13.1. The quantitative estimate of drug-likeness (QED) is 0.693. The van der Waals surface area contributed by atoms with Crippen molar-refractivity contribution in [3.8, 4) is 0 Å². The minimum Gasteiger partial charge on any atom is -0.338 e. The summed E-state index contributed by atoms with van der Waals surface area (Å²) in [6.45, 7) is 6.96. The monoisotopic (exact) mass is 315 g/mol. The third-order valence-electron chi connectivity index (χ3n) is 4.38. The lowest BCUT2D eigenvalue weighted by atomic mass is 9.81. The van der Waals surface area contributed by atoms with Crippen LogP contribution in [0.1, 0.15) is 26.3 Å². The lowest BCUT2D eigenvalue weighted by Gasteiger charge is -2.31. The van der Waals surface area contributed by atoms with E-state index in [9.17, 15) is 0 Å². The minimum absolute atomic E-state index is 0.148. The van der Waals surface area contributed by atoms with Crippen LogP contribution in [-0.2, 0) is 5.41 Å². The highest BCUT2D eigenvalue weighted by molar-refractivity contribution is 9.10. The van der Waals surface area contributed by atoms with Crippen LogP contribution in [0.25, 0.3) is 0 Å². The molecule has 1 atom stereocenters. The van der Waals surface area contributed by atoms with Gasteiger partial charge in [0.05, 0.1) is 0 Å². The Bertz CT molecular complexity index is 604. The van der Waals surface area contributed by atoms with E-state index in [1.165, 1.54) is 16.9 Å². The van der Waals surface area contributed by atoms with E-state index in [4.69, 9.17) is 0 Å². The first-order chi connectivity index (χ1) is 9.01. The molecule has 19 heavy (non-hydrogen) atoms. The molecule has 3 rings (SSSR count). The molecule has 0 bridgehead atoms. The Morgan fingerprint density at radius 2 is 1.74 bits per heavy atom. The van der Waals surface area contributed by atoms with Crippen molar-refractivity contribution < 1.29 is 0 Å². The van der Waals surface area contributed by atoms with Crippen molar-refractivity contribution in [3.63, 3.8) is 0 Å². The number of benzene rings is 2. The van der Waals surface area contributed by atoms with E-state index in [2.05, 4.69) is 90.1 Å². The maximum absolute atomic E-state index is 3.59. The van der Waals surface area contributed by atoms with Crippen molar-refractivity contribution in [1.82, 2.24) is 0 Å². The first-order valence-corrected chi connectivity index (χ1v) is 7.45. The van der Waals surface area contributed by atoms with E-state index in [0.29, 0.717) is 6.04 Å². The zero-order valence-electron chi connectivity index (χ0n) is 11.5. The summed E-state index contributed by atoms with van der Waals surface area (Å²) in [5.74, 6) is 0. The molecule has 2 aromatic carbocycles. The summed E-state index contributed by atoms with van der Waals surface area (Å²) < 4.78 is 1.15. The van der Waals surface area contributed by atoms with Crippen molar-refractivity contribution in [2.24, 2.45) is 0 Å². The van der Waals surface area contributed by atoms with E-state index in [1.54, 1.807) is 0 Å². The fraction of sp³-hybridized carbons (Fsp3) is 0.294. The lowest BCUT2D eigenvalue weighted by molar-refractivity contribution is 0.462. The summed E-state index contributed by atoms with van der Waals surface area (Å²) >= 11 is 3.59. The van der Waals surface area contributed by atoms with E-state index < -0.39 is 0 Å². The molecule has 0 saturated carbocycles. The van der Waals surface area contributed by atoms with E-state index in [1.807, 2.05) is 0 Å². The SMILES string of the molecule is CC1N(c2ccccc2)c2ccc(Br)cc2C1(C)C. The van der Waals surface area contributed by atoms with Gasteiger partial charge in [0.2, 0.25) is 0 Å². The van der Waals surface area contributed by atoms with Gasteiger partial charge < -0.3 is 4.90 Å². The molecule has 1 heterocycles. The van der Waals surface area contributed by atoms with Gasteiger partial charge in [0.15, 0.2) is 0 Å². The second-order valence-corrected chi connectivity index (χ2v) is 6.68. The average molecular weight is 316 g/mol. The highest BCUT2D eigenvalue weighted by Crippen LogP contribution is 2.49. The number of halogens is 1. The molecule has 1 unspecified atom stereocenters. The molecule has 2 heteroatoms. The normalized spacial score (nSPS) is 20.4. The molecule has 0 aliphatic carbocycles. The third kappa shape index (κ3) is 1.90. The first kappa shape index (κ1) is 12.7. The van der Waals surface area contributed by atoms with Gasteiger partial charge in [0.25, 0.3) is 0 Å². The molecule has 0 N–H and O–H groups in total. The van der Waals surface area contributed by atoms with E-state index in [0.717, 1.165) is 4.47 Å². The van der Waals surface area contributed by atoms with E-state index in [-0.39, 0.29) is 5.41 Å². The van der Waals surface area contributed by atoms with E-state index >= 15 is 0 Å². The van der Waals surface area contributed by atoms with Gasteiger partial charge in [-0.05, 0) is 42.8 Å². The predicted octanol–water partition coefficient (Wildman–Crippen LogP) is 5.27. The molecule has 0 radical (unpaired) electrons. The van der Waals surface area contributed by atoms with Crippen LogP contribution in [-0.4, -0.2) is 6.04 Å². The van der Waals surface area contributed by atoms with Gasteiger partial charge in [0, 0.05) is 27.3 Å². The maximum Gasteiger partial charge on any atom is 0.0453 e. The number of nitrogens with zero attached hydrogens (tertiary/aromatic N) is 1. The summed E-state index contributed by atoms with van der Waals surface area (Å²) in [4.78, 5) is 2.45. The molecule has 1 nitrogen and oxygen atoms in total. The van der Waals surface area contributed by atoms with Gasteiger partial charge >= 0.3 is 0 Å². The molecule has 2 aromatic rings. The number of hydrogen-bond acceptors (Lipinski definition) is 1. The summed E-state index contributed by atoms with van der Waals surface area (Å²) in [7, 11) is 0. The van der Waals surface area contributed by atoms with Crippen LogP contribution < -0.4 is 4.90 Å². The van der Waals surface area contributed by atoms with Crippen molar-refractivity contribution in [3.05, 3.63) is 58.6 Å². The Morgan fingerprint density at radius 1 is 1.05 bits per heavy atom. The molecule has 0 aromatic heterocycles. The predicted molar refractivity (Wildman–Crippen MR) is 85.2 cm³/mol. The van der Waals surface area contributed by atoms with Crippen LogP contribution >= 0.6 is 15.9 Å². The highest BCUT2D eigenvalue weighted by Gasteiger charge is 2.42. The average Bonchev–Trinajstić information content (AvgIpc) is 2.59. The standard InChI is InChI=1S/C17H18BrN/c1-12-17(2,3)15-11-13(18)9-10-16(15)19(12)14-7-5-4-6-8-14/h4-12H,1-3H3. The topological polar surface area (TPSA) is 3.24 Å². The molecule has 0 saturated heterocycles. The van der Waals surface area contributed by atoms with Crippen molar-refractivity contribution in [2.45, 2.75) is 32.2 Å². The van der Waals surface area contributed by atoms with Crippen LogP contribution in [0, 0.1) is 0 Å². The van der Waals surface area contributed by atoms with Gasteiger partial charge in [-0.2, -0.15) is 0 Å². The van der Waals surface area contributed by atoms with Crippen molar-refractivity contribution in [2.75, 3.05) is 4.90 Å². The fourth-order valence-corrected chi connectivity index (χ4v) is 3.30. The molecule has 0 amide bonds. The van der Waals surface area contributed by atoms with Gasteiger partial charge in [0.1, 0.15) is 0 Å². The summed E-state index contributed by atoms with van der Waals surface area (Å²) in [6, 6.07) is 17.7. The third-order valence-corrected chi connectivity index (χ3v) is 4.87. The molecular weight excluding hydrogens is 298 g/mol.